The van der Waals surface area contributed by atoms with Crippen molar-refractivity contribution in [3.63, 3.8) is 0 Å². The van der Waals surface area contributed by atoms with Gasteiger partial charge in [-0.25, -0.2) is 0 Å². The van der Waals surface area contributed by atoms with Crippen molar-refractivity contribution in [2.24, 2.45) is 0 Å². The number of rotatable bonds is 6. The molecule has 0 radical (unpaired) electrons. The predicted octanol–water partition coefficient (Wildman–Crippen LogP) is 8.18. The summed E-state index contributed by atoms with van der Waals surface area (Å²) < 4.78 is 8.22. The van der Waals surface area contributed by atoms with Crippen molar-refractivity contribution in [1.29, 1.82) is 0 Å². The van der Waals surface area contributed by atoms with Gasteiger partial charge >= 0.3 is 0 Å². The standard InChI is InChI=1S/C24H40N3PSi2/c1-19(2)22-15-13-16-23(20(3)4)24(22)26-18-21-14-11-12-17-25(21)28(26)27(29(5,6)7)30(8,9)10/h11-20H,1-10H3. The summed E-state index contributed by atoms with van der Waals surface area (Å²) in [6.45, 7) is 24.4. The minimum absolute atomic E-state index is 0.491. The van der Waals surface area contributed by atoms with Crippen LogP contribution in [0.2, 0.25) is 39.3 Å². The molecule has 0 aromatic heterocycles. The first kappa shape index (κ1) is 23.5. The van der Waals surface area contributed by atoms with E-state index >= 15 is 0 Å². The fraction of sp³-hybridized carbons (Fsp3) is 0.500. The van der Waals surface area contributed by atoms with Crippen molar-refractivity contribution < 1.29 is 0 Å². The highest BCUT2D eigenvalue weighted by atomic mass is 31.2. The second-order valence-electron chi connectivity index (χ2n) is 11.0. The predicted molar refractivity (Wildman–Crippen MR) is 141 cm³/mol. The van der Waals surface area contributed by atoms with Crippen LogP contribution in [0.4, 0.5) is 5.69 Å². The Hall–Kier alpha value is -1.14. The molecule has 1 unspecified atom stereocenters. The zero-order valence-corrected chi connectivity index (χ0v) is 23.5. The molecule has 0 bridgehead atoms. The summed E-state index contributed by atoms with van der Waals surface area (Å²) in [7, 11) is -3.83. The summed E-state index contributed by atoms with van der Waals surface area (Å²) in [5, 5.41) is 0. The number of nitrogens with zero attached hydrogens (tertiary/aromatic N) is 3. The van der Waals surface area contributed by atoms with Gasteiger partial charge in [0.05, 0.1) is 11.4 Å². The second-order valence-corrected chi connectivity index (χ2v) is 23.5. The maximum Gasteiger partial charge on any atom is 0.173 e. The number of para-hydroxylation sites is 1. The van der Waals surface area contributed by atoms with Crippen molar-refractivity contribution in [1.82, 2.24) is 8.67 Å². The van der Waals surface area contributed by atoms with E-state index in [0.717, 1.165) is 0 Å². The average molecular weight is 458 g/mol. The van der Waals surface area contributed by atoms with Crippen LogP contribution < -0.4 is 4.67 Å². The molecule has 0 fully saturated rings. The lowest BCUT2D eigenvalue weighted by Gasteiger charge is -2.51. The van der Waals surface area contributed by atoms with Crippen LogP contribution in [0.25, 0.3) is 0 Å². The highest BCUT2D eigenvalue weighted by molar-refractivity contribution is 7.60. The maximum atomic E-state index is 2.99. The third-order valence-corrected chi connectivity index (χ3v) is 18.6. The van der Waals surface area contributed by atoms with E-state index in [1.165, 1.54) is 22.5 Å². The van der Waals surface area contributed by atoms with E-state index in [2.05, 4.69) is 129 Å². The molecular formula is C24H40N3PSi2. The Labute approximate surface area is 188 Å². The Morgan fingerprint density at radius 3 is 1.80 bits per heavy atom. The van der Waals surface area contributed by atoms with Crippen LogP contribution in [0.1, 0.15) is 50.7 Å². The van der Waals surface area contributed by atoms with Crippen LogP contribution >= 0.6 is 8.37 Å². The largest absolute Gasteiger partial charge is 0.296 e. The molecule has 2 aliphatic heterocycles. The van der Waals surface area contributed by atoms with Gasteiger partial charge in [0.15, 0.2) is 8.37 Å². The van der Waals surface area contributed by atoms with Gasteiger partial charge in [-0.1, -0.05) is 91.3 Å². The molecule has 0 N–H and O–H groups in total. The van der Waals surface area contributed by atoms with Gasteiger partial charge in [0, 0.05) is 12.4 Å². The summed E-state index contributed by atoms with van der Waals surface area (Å²) in [4.78, 5) is 0. The van der Waals surface area contributed by atoms with E-state index in [9.17, 15) is 0 Å². The van der Waals surface area contributed by atoms with E-state index in [0.29, 0.717) is 11.8 Å². The highest BCUT2D eigenvalue weighted by Gasteiger charge is 2.48. The summed E-state index contributed by atoms with van der Waals surface area (Å²) in [6, 6.07) is 6.93. The number of anilines is 1. The summed E-state index contributed by atoms with van der Waals surface area (Å²) in [6.07, 6.45) is 11.4. The minimum atomic E-state index is -1.58. The lowest BCUT2D eigenvalue weighted by Crippen LogP contribution is -2.58. The molecule has 1 aromatic rings. The van der Waals surface area contributed by atoms with Crippen molar-refractivity contribution >= 4 is 30.5 Å². The van der Waals surface area contributed by atoms with E-state index in [1.807, 2.05) is 0 Å². The van der Waals surface area contributed by atoms with Crippen LogP contribution in [-0.4, -0.2) is 25.1 Å². The van der Waals surface area contributed by atoms with Gasteiger partial charge in [0.1, 0.15) is 16.5 Å². The molecule has 1 aromatic carbocycles. The fourth-order valence-corrected chi connectivity index (χ4v) is 19.9. The first-order valence-electron chi connectivity index (χ1n) is 11.2. The molecule has 1 atom stereocenters. The lowest BCUT2D eigenvalue weighted by atomic mass is 9.92. The zero-order chi connectivity index (χ0) is 22.4. The Morgan fingerprint density at radius 1 is 0.800 bits per heavy atom. The Kier molecular flexibility index (Phi) is 6.60. The van der Waals surface area contributed by atoms with Gasteiger partial charge in [-0.05, 0) is 35.1 Å². The maximum absolute atomic E-state index is 2.99. The Balaban J connectivity index is 2.28. The molecule has 164 valence electrons. The monoisotopic (exact) mass is 457 g/mol. The fourth-order valence-electron chi connectivity index (χ4n) is 4.66. The number of hydrogen-bond acceptors (Lipinski definition) is 3. The normalized spacial score (nSPS) is 19.4. The van der Waals surface area contributed by atoms with Crippen molar-refractivity contribution in [3.8, 4) is 0 Å². The van der Waals surface area contributed by atoms with Crippen LogP contribution in [-0.2, 0) is 0 Å². The molecule has 0 saturated carbocycles. The van der Waals surface area contributed by atoms with Crippen molar-refractivity contribution in [3.05, 3.63) is 65.7 Å². The molecular weight excluding hydrogens is 417 g/mol. The van der Waals surface area contributed by atoms with Crippen LogP contribution in [0.3, 0.4) is 0 Å². The topological polar surface area (TPSA) is 9.72 Å². The minimum Gasteiger partial charge on any atom is -0.296 e. The summed E-state index contributed by atoms with van der Waals surface area (Å²) in [5.41, 5.74) is 5.69. The van der Waals surface area contributed by atoms with Crippen LogP contribution in [0.5, 0.6) is 0 Å². The quantitative estimate of drug-likeness (QED) is 0.315. The highest BCUT2D eigenvalue weighted by Crippen LogP contribution is 2.62. The Morgan fingerprint density at radius 2 is 1.33 bits per heavy atom. The van der Waals surface area contributed by atoms with Gasteiger partial charge in [-0.3, -0.25) is 13.3 Å². The van der Waals surface area contributed by atoms with Crippen LogP contribution in [0.15, 0.2) is 54.5 Å². The van der Waals surface area contributed by atoms with Crippen molar-refractivity contribution in [2.45, 2.75) is 78.8 Å². The van der Waals surface area contributed by atoms with E-state index in [4.69, 9.17) is 0 Å². The summed E-state index contributed by atoms with van der Waals surface area (Å²) in [5.74, 6) is 0.981. The van der Waals surface area contributed by atoms with Gasteiger partial charge in [-0.15, -0.1) is 0 Å². The SMILES string of the molecule is CC(C)c1cccc(C(C)C)c1N1C=C2C=CC=CN2P1N([Si](C)(C)C)[Si](C)(C)C. The number of benzene rings is 1. The Bertz CT molecular complexity index is 835. The van der Waals surface area contributed by atoms with Gasteiger partial charge in [-0.2, -0.15) is 0 Å². The first-order valence-corrected chi connectivity index (χ1v) is 19.3. The second kappa shape index (κ2) is 8.42. The number of allylic oxidation sites excluding steroid dienone is 3. The van der Waals surface area contributed by atoms with E-state index < -0.39 is 24.8 Å². The third kappa shape index (κ3) is 4.41. The molecule has 0 amide bonds. The number of hydrogen-bond donors (Lipinski definition) is 0. The van der Waals surface area contributed by atoms with Gasteiger partial charge in [0.2, 0.25) is 0 Å². The van der Waals surface area contributed by atoms with E-state index in [1.54, 1.807) is 0 Å². The summed E-state index contributed by atoms with van der Waals surface area (Å²) >= 11 is 0. The molecule has 6 heteroatoms. The first-order chi connectivity index (χ1) is 13.8. The molecule has 0 spiro atoms. The molecule has 3 rings (SSSR count). The molecule has 0 aliphatic carbocycles. The van der Waals surface area contributed by atoms with E-state index in [-0.39, 0.29) is 0 Å². The van der Waals surface area contributed by atoms with Crippen LogP contribution in [0, 0.1) is 0 Å². The average Bonchev–Trinajstić information content (AvgIpc) is 2.97. The van der Waals surface area contributed by atoms with Gasteiger partial charge in [0.25, 0.3) is 0 Å². The molecule has 3 nitrogen and oxygen atoms in total. The molecule has 2 aliphatic rings. The van der Waals surface area contributed by atoms with Gasteiger partial charge < -0.3 is 0 Å². The number of fused-ring (bicyclic) bond motifs is 1. The smallest absolute Gasteiger partial charge is 0.173 e. The van der Waals surface area contributed by atoms with Crippen molar-refractivity contribution in [2.75, 3.05) is 4.67 Å². The molecule has 30 heavy (non-hydrogen) atoms. The molecule has 2 heterocycles. The molecule has 0 saturated heterocycles. The zero-order valence-electron chi connectivity index (χ0n) is 20.6. The lowest BCUT2D eigenvalue weighted by molar-refractivity contribution is 0.739. The third-order valence-electron chi connectivity index (χ3n) is 5.53.